The molecule has 2 heterocycles. The van der Waals surface area contributed by atoms with E-state index in [0.717, 1.165) is 24.0 Å². The Kier molecular flexibility index (Phi) is 4.94. The average Bonchev–Trinajstić information content (AvgIpc) is 3.18. The summed E-state index contributed by atoms with van der Waals surface area (Å²) < 4.78 is 1.87. The standard InChI is InChI=1S/C21H21ClN4O/c1-2-6-20(27)25-18(16-9-11-17(22)12-10-16)13-19(15-7-4-3-5-8-15)26-21(25)23-14-24-26/h3-5,7-12,14,18-19H,2,6,13H2,1H3/t18-,19+/m1/s1. The third-order valence-electron chi connectivity index (χ3n) is 4.99. The molecule has 4 rings (SSSR count). The van der Waals surface area contributed by atoms with Gasteiger partial charge in [-0.1, -0.05) is 61.0 Å². The maximum atomic E-state index is 13.0. The van der Waals surface area contributed by atoms with Crippen molar-refractivity contribution in [3.63, 3.8) is 0 Å². The molecule has 138 valence electrons. The fourth-order valence-corrected chi connectivity index (χ4v) is 3.86. The third kappa shape index (κ3) is 3.35. The van der Waals surface area contributed by atoms with Crippen LogP contribution in [0.5, 0.6) is 0 Å². The van der Waals surface area contributed by atoms with Gasteiger partial charge in [-0.3, -0.25) is 9.69 Å². The molecule has 3 aromatic rings. The van der Waals surface area contributed by atoms with Gasteiger partial charge in [-0.15, -0.1) is 0 Å². The quantitative estimate of drug-likeness (QED) is 0.653. The summed E-state index contributed by atoms with van der Waals surface area (Å²) in [6.45, 7) is 2.01. The lowest BCUT2D eigenvalue weighted by Crippen LogP contribution is -2.42. The molecule has 0 spiro atoms. The lowest BCUT2D eigenvalue weighted by molar-refractivity contribution is -0.119. The molecule has 2 atom stereocenters. The number of amides is 1. The summed E-state index contributed by atoms with van der Waals surface area (Å²) >= 11 is 6.08. The maximum Gasteiger partial charge on any atom is 0.231 e. The van der Waals surface area contributed by atoms with Crippen molar-refractivity contribution in [1.29, 1.82) is 0 Å². The molecule has 1 aliphatic rings. The lowest BCUT2D eigenvalue weighted by Gasteiger charge is -2.39. The van der Waals surface area contributed by atoms with Crippen LogP contribution in [0.2, 0.25) is 5.02 Å². The van der Waals surface area contributed by atoms with E-state index in [1.807, 2.05) is 54.1 Å². The first-order valence-corrected chi connectivity index (χ1v) is 9.58. The zero-order valence-electron chi connectivity index (χ0n) is 15.1. The number of hydrogen-bond donors (Lipinski definition) is 0. The van der Waals surface area contributed by atoms with Crippen LogP contribution in [0.3, 0.4) is 0 Å². The van der Waals surface area contributed by atoms with Gasteiger partial charge in [0.25, 0.3) is 0 Å². The van der Waals surface area contributed by atoms with Crippen LogP contribution >= 0.6 is 11.6 Å². The number of fused-ring (bicyclic) bond motifs is 1. The second-order valence-corrected chi connectivity index (χ2v) is 7.18. The minimum absolute atomic E-state index is 0.0232. The van der Waals surface area contributed by atoms with Crippen LogP contribution < -0.4 is 4.90 Å². The van der Waals surface area contributed by atoms with E-state index in [2.05, 4.69) is 22.2 Å². The van der Waals surface area contributed by atoms with Crippen molar-refractivity contribution < 1.29 is 4.79 Å². The zero-order chi connectivity index (χ0) is 18.8. The number of carbonyl (C=O) groups is 1. The van der Waals surface area contributed by atoms with Gasteiger partial charge in [-0.25, -0.2) is 4.68 Å². The van der Waals surface area contributed by atoms with E-state index in [1.165, 1.54) is 6.33 Å². The number of benzene rings is 2. The highest BCUT2D eigenvalue weighted by molar-refractivity contribution is 6.30. The second-order valence-electron chi connectivity index (χ2n) is 6.75. The summed E-state index contributed by atoms with van der Waals surface area (Å²) in [6, 6.07) is 17.9. The summed E-state index contributed by atoms with van der Waals surface area (Å²) in [5.41, 5.74) is 2.21. The number of halogens is 1. The number of hydrogen-bond acceptors (Lipinski definition) is 3. The Bertz CT molecular complexity index is 923. The summed E-state index contributed by atoms with van der Waals surface area (Å²) in [5, 5.41) is 5.12. The van der Waals surface area contributed by atoms with Crippen LogP contribution in [0.4, 0.5) is 5.95 Å². The molecule has 0 N–H and O–H groups in total. The maximum absolute atomic E-state index is 13.0. The smallest absolute Gasteiger partial charge is 0.231 e. The molecule has 5 nitrogen and oxygen atoms in total. The largest absolute Gasteiger partial charge is 0.274 e. The average molecular weight is 381 g/mol. The Morgan fingerprint density at radius 3 is 2.48 bits per heavy atom. The van der Waals surface area contributed by atoms with Gasteiger partial charge in [0.2, 0.25) is 11.9 Å². The predicted octanol–water partition coefficient (Wildman–Crippen LogP) is 4.80. The van der Waals surface area contributed by atoms with E-state index in [-0.39, 0.29) is 18.0 Å². The normalized spacial score (nSPS) is 19.0. The van der Waals surface area contributed by atoms with E-state index >= 15 is 0 Å². The molecule has 0 saturated carbocycles. The predicted molar refractivity (Wildman–Crippen MR) is 106 cm³/mol. The Hall–Kier alpha value is -2.66. The summed E-state index contributed by atoms with van der Waals surface area (Å²) in [7, 11) is 0. The third-order valence-corrected chi connectivity index (χ3v) is 5.25. The van der Waals surface area contributed by atoms with Crippen molar-refractivity contribution in [3.05, 3.63) is 77.1 Å². The SMILES string of the molecule is CCCC(=O)N1c2ncnn2[C@H](c2ccccc2)C[C@@H]1c1ccc(Cl)cc1. The molecule has 1 aromatic heterocycles. The molecular weight excluding hydrogens is 360 g/mol. The Labute approximate surface area is 163 Å². The highest BCUT2D eigenvalue weighted by Gasteiger charge is 2.38. The Balaban J connectivity index is 1.82. The number of anilines is 1. The van der Waals surface area contributed by atoms with E-state index in [1.54, 1.807) is 4.90 Å². The van der Waals surface area contributed by atoms with E-state index in [0.29, 0.717) is 17.4 Å². The number of nitrogens with zero attached hydrogens (tertiary/aromatic N) is 4. The fraction of sp³-hybridized carbons (Fsp3) is 0.286. The van der Waals surface area contributed by atoms with E-state index < -0.39 is 0 Å². The lowest BCUT2D eigenvalue weighted by atomic mass is 9.91. The first-order chi connectivity index (χ1) is 13.2. The minimum Gasteiger partial charge on any atom is -0.274 e. The summed E-state index contributed by atoms with van der Waals surface area (Å²) in [5.74, 6) is 0.673. The fourth-order valence-electron chi connectivity index (χ4n) is 3.73. The van der Waals surface area contributed by atoms with E-state index in [9.17, 15) is 4.79 Å². The van der Waals surface area contributed by atoms with Crippen molar-refractivity contribution in [2.45, 2.75) is 38.3 Å². The van der Waals surface area contributed by atoms with Crippen molar-refractivity contribution in [1.82, 2.24) is 14.8 Å². The molecular formula is C21H21ClN4O. The summed E-state index contributed by atoms with van der Waals surface area (Å²) in [4.78, 5) is 19.2. The first-order valence-electron chi connectivity index (χ1n) is 9.21. The van der Waals surface area contributed by atoms with Gasteiger partial charge in [-0.2, -0.15) is 10.1 Å². The molecule has 0 bridgehead atoms. The monoisotopic (exact) mass is 380 g/mol. The Morgan fingerprint density at radius 2 is 1.78 bits per heavy atom. The zero-order valence-corrected chi connectivity index (χ0v) is 15.9. The molecule has 0 aliphatic carbocycles. The van der Waals surface area contributed by atoms with Crippen LogP contribution in [-0.2, 0) is 4.79 Å². The second kappa shape index (κ2) is 7.53. The van der Waals surface area contributed by atoms with Gasteiger partial charge in [0.15, 0.2) is 0 Å². The van der Waals surface area contributed by atoms with Crippen molar-refractivity contribution in [3.8, 4) is 0 Å². The molecule has 6 heteroatoms. The Morgan fingerprint density at radius 1 is 1.07 bits per heavy atom. The van der Waals surface area contributed by atoms with Gasteiger partial charge in [0, 0.05) is 11.4 Å². The van der Waals surface area contributed by atoms with Crippen molar-refractivity contribution in [2.24, 2.45) is 0 Å². The van der Waals surface area contributed by atoms with E-state index in [4.69, 9.17) is 11.6 Å². The van der Waals surface area contributed by atoms with Gasteiger partial charge in [-0.05, 0) is 36.1 Å². The molecule has 2 aromatic carbocycles. The topological polar surface area (TPSA) is 51.0 Å². The molecule has 0 saturated heterocycles. The molecule has 1 amide bonds. The first kappa shape index (κ1) is 17.7. The van der Waals surface area contributed by atoms with Crippen LogP contribution in [-0.4, -0.2) is 20.7 Å². The molecule has 0 radical (unpaired) electrons. The number of aromatic nitrogens is 3. The molecule has 0 unspecified atom stereocenters. The van der Waals surface area contributed by atoms with Crippen molar-refractivity contribution in [2.75, 3.05) is 4.90 Å². The minimum atomic E-state index is -0.108. The van der Waals surface area contributed by atoms with Gasteiger partial charge < -0.3 is 0 Å². The van der Waals surface area contributed by atoms with Crippen molar-refractivity contribution >= 4 is 23.5 Å². The summed E-state index contributed by atoms with van der Waals surface area (Å²) in [6.07, 6.45) is 3.53. The van der Waals surface area contributed by atoms with Crippen LogP contribution in [0, 0.1) is 0 Å². The van der Waals surface area contributed by atoms with Crippen LogP contribution in [0.15, 0.2) is 60.9 Å². The number of rotatable bonds is 4. The van der Waals surface area contributed by atoms with Gasteiger partial charge in [0.1, 0.15) is 6.33 Å². The van der Waals surface area contributed by atoms with Gasteiger partial charge in [0.05, 0.1) is 12.1 Å². The molecule has 1 aliphatic heterocycles. The van der Waals surface area contributed by atoms with Gasteiger partial charge >= 0.3 is 0 Å². The van der Waals surface area contributed by atoms with Crippen LogP contribution in [0.25, 0.3) is 0 Å². The molecule has 0 fully saturated rings. The highest BCUT2D eigenvalue weighted by Crippen LogP contribution is 2.42. The highest BCUT2D eigenvalue weighted by atomic mass is 35.5. The number of carbonyl (C=O) groups excluding carboxylic acids is 1. The van der Waals surface area contributed by atoms with Crippen LogP contribution in [0.1, 0.15) is 49.4 Å². The molecule has 27 heavy (non-hydrogen) atoms.